The number of nitrogens with zero attached hydrogens (tertiary/aromatic N) is 2. The minimum atomic E-state index is -0.419. The zero-order valence-electron chi connectivity index (χ0n) is 20.0. The van der Waals surface area contributed by atoms with E-state index in [1.54, 1.807) is 7.11 Å². The first-order valence-corrected chi connectivity index (χ1v) is 11.8. The minimum Gasteiger partial charge on any atom is -0.495 e. The zero-order valence-corrected chi connectivity index (χ0v) is 20.0. The molecule has 0 saturated carbocycles. The summed E-state index contributed by atoms with van der Waals surface area (Å²) in [6, 6.07) is 15.2. The Morgan fingerprint density at radius 3 is 2.45 bits per heavy atom. The lowest BCUT2D eigenvalue weighted by molar-refractivity contribution is -0.125. The molecule has 2 N–H and O–H groups in total. The van der Waals surface area contributed by atoms with Gasteiger partial charge in [-0.2, -0.15) is 0 Å². The molecule has 1 aliphatic heterocycles. The predicted octanol–water partition coefficient (Wildman–Crippen LogP) is 3.22. The van der Waals surface area contributed by atoms with Crippen molar-refractivity contribution in [3.63, 3.8) is 0 Å². The molecule has 33 heavy (non-hydrogen) atoms. The maximum Gasteiger partial charge on any atom is 0.246 e. The Morgan fingerprint density at radius 1 is 1.06 bits per heavy atom. The van der Waals surface area contributed by atoms with Gasteiger partial charge in [-0.3, -0.25) is 19.4 Å². The summed E-state index contributed by atoms with van der Waals surface area (Å²) in [7, 11) is 1.60. The van der Waals surface area contributed by atoms with Crippen molar-refractivity contribution < 1.29 is 14.3 Å². The van der Waals surface area contributed by atoms with Gasteiger partial charge in [-0.1, -0.05) is 49.7 Å². The Kier molecular flexibility index (Phi) is 9.27. The van der Waals surface area contributed by atoms with E-state index in [-0.39, 0.29) is 11.8 Å². The summed E-state index contributed by atoms with van der Waals surface area (Å²) in [5.74, 6) is 0.622. The largest absolute Gasteiger partial charge is 0.495 e. The van der Waals surface area contributed by atoms with Crippen molar-refractivity contribution >= 4 is 17.5 Å². The number of ether oxygens (including phenoxy) is 1. The number of rotatable bonds is 10. The molecule has 1 saturated heterocycles. The number of methoxy groups -OCH3 is 1. The van der Waals surface area contributed by atoms with Crippen LogP contribution in [0, 0.1) is 6.92 Å². The molecule has 7 nitrogen and oxygen atoms in total. The van der Waals surface area contributed by atoms with E-state index in [0.717, 1.165) is 43.6 Å². The molecule has 2 aromatic rings. The molecule has 3 rings (SSSR count). The van der Waals surface area contributed by atoms with Crippen LogP contribution in [0.15, 0.2) is 48.5 Å². The van der Waals surface area contributed by atoms with Gasteiger partial charge < -0.3 is 15.4 Å². The van der Waals surface area contributed by atoms with Gasteiger partial charge in [-0.15, -0.1) is 0 Å². The molecule has 1 heterocycles. The van der Waals surface area contributed by atoms with Crippen molar-refractivity contribution in [1.82, 2.24) is 15.1 Å². The maximum absolute atomic E-state index is 13.5. The molecule has 0 bridgehead atoms. The number of benzene rings is 2. The lowest BCUT2D eigenvalue weighted by Crippen LogP contribution is -2.52. The molecule has 1 fully saturated rings. The van der Waals surface area contributed by atoms with E-state index in [0.29, 0.717) is 31.1 Å². The molecule has 0 spiro atoms. The number of hydrogen-bond donors (Lipinski definition) is 2. The van der Waals surface area contributed by atoms with Gasteiger partial charge >= 0.3 is 0 Å². The van der Waals surface area contributed by atoms with E-state index in [4.69, 9.17) is 4.74 Å². The van der Waals surface area contributed by atoms with Crippen molar-refractivity contribution in [3.05, 3.63) is 59.7 Å². The lowest BCUT2D eigenvalue weighted by atomic mass is 10.0. The second-order valence-electron chi connectivity index (χ2n) is 8.52. The van der Waals surface area contributed by atoms with Crippen LogP contribution in [-0.4, -0.2) is 68.0 Å². The fourth-order valence-electron chi connectivity index (χ4n) is 4.13. The highest BCUT2D eigenvalue weighted by Gasteiger charge is 2.31. The Balaban J connectivity index is 1.68. The number of amides is 2. The van der Waals surface area contributed by atoms with Crippen LogP contribution in [0.5, 0.6) is 5.75 Å². The van der Waals surface area contributed by atoms with Gasteiger partial charge in [0.1, 0.15) is 11.8 Å². The van der Waals surface area contributed by atoms with Crippen molar-refractivity contribution in [2.75, 3.05) is 51.7 Å². The summed E-state index contributed by atoms with van der Waals surface area (Å²) in [5.41, 5.74) is 2.67. The quantitative estimate of drug-likeness (QED) is 0.542. The van der Waals surface area contributed by atoms with Gasteiger partial charge in [-0.05, 0) is 36.6 Å². The first kappa shape index (κ1) is 24.7. The van der Waals surface area contributed by atoms with E-state index in [1.807, 2.05) is 55.5 Å². The van der Waals surface area contributed by atoms with Crippen molar-refractivity contribution in [2.24, 2.45) is 0 Å². The second kappa shape index (κ2) is 12.4. The standard InChI is InChI=1S/C26H36N4O3/c1-4-5-13-27-24(31)19-29-14-16-30(17-15-29)25(21-9-7-6-8-10-21)26(32)28-22-18-20(2)11-12-23(22)33-3/h6-12,18,25H,4-5,13-17,19H2,1-3H3,(H,27,31)(H,28,32). The van der Waals surface area contributed by atoms with Crippen LogP contribution < -0.4 is 15.4 Å². The van der Waals surface area contributed by atoms with Crippen LogP contribution in [0.3, 0.4) is 0 Å². The fraction of sp³-hybridized carbons (Fsp3) is 0.462. The van der Waals surface area contributed by atoms with Crippen LogP contribution >= 0.6 is 0 Å². The number of unbranched alkanes of at least 4 members (excludes halogenated alkanes) is 1. The van der Waals surface area contributed by atoms with Crippen molar-refractivity contribution in [2.45, 2.75) is 32.7 Å². The summed E-state index contributed by atoms with van der Waals surface area (Å²) < 4.78 is 5.45. The van der Waals surface area contributed by atoms with Crippen LogP contribution in [0.2, 0.25) is 0 Å². The van der Waals surface area contributed by atoms with E-state index < -0.39 is 6.04 Å². The molecule has 1 unspecified atom stereocenters. The fourth-order valence-corrected chi connectivity index (χ4v) is 4.13. The monoisotopic (exact) mass is 452 g/mol. The normalized spacial score (nSPS) is 15.6. The number of nitrogens with one attached hydrogen (secondary N) is 2. The van der Waals surface area contributed by atoms with Crippen molar-refractivity contribution in [1.29, 1.82) is 0 Å². The SMILES string of the molecule is CCCCNC(=O)CN1CCN(C(C(=O)Nc2cc(C)ccc2OC)c2ccccc2)CC1. The van der Waals surface area contributed by atoms with E-state index in [9.17, 15) is 9.59 Å². The van der Waals surface area contributed by atoms with Crippen LogP contribution in [-0.2, 0) is 9.59 Å². The van der Waals surface area contributed by atoms with E-state index >= 15 is 0 Å². The Morgan fingerprint density at radius 2 is 1.79 bits per heavy atom. The number of anilines is 1. The smallest absolute Gasteiger partial charge is 0.246 e. The molecule has 7 heteroatoms. The third-order valence-corrected chi connectivity index (χ3v) is 5.97. The number of hydrogen-bond acceptors (Lipinski definition) is 5. The summed E-state index contributed by atoms with van der Waals surface area (Å²) in [4.78, 5) is 30.0. The number of aryl methyl sites for hydroxylation is 1. The highest BCUT2D eigenvalue weighted by molar-refractivity contribution is 5.96. The molecule has 2 aromatic carbocycles. The maximum atomic E-state index is 13.5. The zero-order chi connectivity index (χ0) is 23.6. The first-order chi connectivity index (χ1) is 16.0. The topological polar surface area (TPSA) is 73.9 Å². The number of piperazine rings is 1. The first-order valence-electron chi connectivity index (χ1n) is 11.8. The second-order valence-corrected chi connectivity index (χ2v) is 8.52. The van der Waals surface area contributed by atoms with Crippen molar-refractivity contribution in [3.8, 4) is 5.75 Å². The summed E-state index contributed by atoms with van der Waals surface area (Å²) >= 11 is 0. The summed E-state index contributed by atoms with van der Waals surface area (Å²) in [6.07, 6.45) is 2.06. The number of carbonyl (C=O) groups is 2. The van der Waals surface area contributed by atoms with Gasteiger partial charge in [-0.25, -0.2) is 0 Å². The van der Waals surface area contributed by atoms with Gasteiger partial charge in [0.05, 0.1) is 19.3 Å². The summed E-state index contributed by atoms with van der Waals surface area (Å²) in [6.45, 7) is 8.13. The number of carbonyl (C=O) groups excluding carboxylic acids is 2. The minimum absolute atomic E-state index is 0.0702. The van der Waals surface area contributed by atoms with Gasteiger partial charge in [0.2, 0.25) is 11.8 Å². The van der Waals surface area contributed by atoms with Crippen LogP contribution in [0.1, 0.15) is 36.9 Å². The van der Waals surface area contributed by atoms with Crippen LogP contribution in [0.4, 0.5) is 5.69 Å². The Bertz CT molecular complexity index is 911. The molecule has 0 aliphatic carbocycles. The molecular formula is C26H36N4O3. The van der Waals surface area contributed by atoms with Gasteiger partial charge in [0.15, 0.2) is 0 Å². The molecule has 0 radical (unpaired) electrons. The highest BCUT2D eigenvalue weighted by Crippen LogP contribution is 2.29. The predicted molar refractivity (Wildman–Crippen MR) is 131 cm³/mol. The molecule has 1 atom stereocenters. The third-order valence-electron chi connectivity index (χ3n) is 5.97. The average molecular weight is 453 g/mol. The van der Waals surface area contributed by atoms with Crippen LogP contribution in [0.25, 0.3) is 0 Å². The van der Waals surface area contributed by atoms with E-state index in [2.05, 4.69) is 27.4 Å². The Hall–Kier alpha value is -2.90. The summed E-state index contributed by atoms with van der Waals surface area (Å²) in [5, 5.41) is 6.07. The van der Waals surface area contributed by atoms with Gasteiger partial charge in [0, 0.05) is 32.7 Å². The molecule has 178 valence electrons. The highest BCUT2D eigenvalue weighted by atomic mass is 16.5. The average Bonchev–Trinajstić information content (AvgIpc) is 2.81. The molecule has 1 aliphatic rings. The molecule has 0 aromatic heterocycles. The third kappa shape index (κ3) is 7.04. The Labute approximate surface area is 197 Å². The molecule has 2 amide bonds. The van der Waals surface area contributed by atoms with Gasteiger partial charge in [0.25, 0.3) is 0 Å². The molecular weight excluding hydrogens is 416 g/mol. The van der Waals surface area contributed by atoms with E-state index in [1.165, 1.54) is 0 Å². The lowest BCUT2D eigenvalue weighted by Gasteiger charge is -2.38.